The Morgan fingerprint density at radius 3 is 2.80 bits per heavy atom. The number of hydrogen-bond donors (Lipinski definition) is 1. The summed E-state index contributed by atoms with van der Waals surface area (Å²) in [4.78, 5) is 2.38. The Morgan fingerprint density at radius 1 is 1.45 bits per heavy atom. The van der Waals surface area contributed by atoms with Crippen LogP contribution in [-0.4, -0.2) is 37.7 Å². The van der Waals surface area contributed by atoms with Crippen LogP contribution in [0.5, 0.6) is 5.75 Å². The molecule has 0 bridgehead atoms. The van der Waals surface area contributed by atoms with E-state index in [1.165, 1.54) is 18.4 Å². The van der Waals surface area contributed by atoms with Gasteiger partial charge >= 0.3 is 0 Å². The van der Waals surface area contributed by atoms with Crippen LogP contribution in [0, 0.1) is 0 Å². The van der Waals surface area contributed by atoms with E-state index >= 15 is 0 Å². The fourth-order valence-electron chi connectivity index (χ4n) is 2.32. The molecule has 0 aliphatic heterocycles. The Labute approximate surface area is 130 Å². The van der Waals surface area contributed by atoms with E-state index in [0.717, 1.165) is 36.0 Å². The number of benzene rings is 1. The highest BCUT2D eigenvalue weighted by Crippen LogP contribution is 2.29. The first-order valence-corrected chi connectivity index (χ1v) is 8.27. The lowest BCUT2D eigenvalue weighted by molar-refractivity contribution is 0.231. The molecule has 0 radical (unpaired) electrons. The molecule has 4 heteroatoms. The minimum absolute atomic E-state index is 0.367. The van der Waals surface area contributed by atoms with Crippen molar-refractivity contribution in [3.8, 4) is 5.75 Å². The molecule has 20 heavy (non-hydrogen) atoms. The molecule has 1 aliphatic carbocycles. The Balaban J connectivity index is 1.85. The van der Waals surface area contributed by atoms with E-state index in [1.807, 2.05) is 0 Å². The molecule has 1 aliphatic rings. The summed E-state index contributed by atoms with van der Waals surface area (Å²) >= 11 is 3.61. The molecular weight excluding hydrogens is 316 g/mol. The van der Waals surface area contributed by atoms with Gasteiger partial charge in [0.15, 0.2) is 0 Å². The summed E-state index contributed by atoms with van der Waals surface area (Å²) in [6.07, 6.45) is 2.69. The Bertz CT molecular complexity index is 434. The normalized spacial score (nSPS) is 16.4. The van der Waals surface area contributed by atoms with Crippen LogP contribution in [0.1, 0.15) is 38.3 Å². The van der Waals surface area contributed by atoms with Crippen molar-refractivity contribution in [2.45, 2.75) is 38.8 Å². The van der Waals surface area contributed by atoms with Crippen LogP contribution >= 0.6 is 15.9 Å². The standard InChI is InChI=1S/C16H25BrN2O/c1-4-18-12(2)13-5-8-16(15(17)11-13)20-10-9-19(3)14-6-7-14/h5,8,11-12,14,18H,4,6-7,9-10H2,1-3H3. The molecule has 0 saturated heterocycles. The minimum atomic E-state index is 0.367. The zero-order chi connectivity index (χ0) is 14.5. The summed E-state index contributed by atoms with van der Waals surface area (Å²) in [5, 5.41) is 3.42. The first-order valence-electron chi connectivity index (χ1n) is 7.47. The van der Waals surface area contributed by atoms with E-state index in [0.29, 0.717) is 6.04 Å². The van der Waals surface area contributed by atoms with Crippen molar-refractivity contribution in [2.75, 3.05) is 26.7 Å². The third kappa shape index (κ3) is 4.47. The van der Waals surface area contributed by atoms with Crippen molar-refractivity contribution in [3.63, 3.8) is 0 Å². The zero-order valence-corrected chi connectivity index (χ0v) is 14.2. The van der Waals surface area contributed by atoms with E-state index in [-0.39, 0.29) is 0 Å². The first-order chi connectivity index (χ1) is 9.61. The van der Waals surface area contributed by atoms with Gasteiger partial charge in [-0.15, -0.1) is 0 Å². The second kappa shape index (κ2) is 7.43. The van der Waals surface area contributed by atoms with E-state index in [1.54, 1.807) is 0 Å². The fraction of sp³-hybridized carbons (Fsp3) is 0.625. The third-order valence-corrected chi connectivity index (χ3v) is 4.46. The van der Waals surface area contributed by atoms with Crippen LogP contribution in [0.2, 0.25) is 0 Å². The SMILES string of the molecule is CCNC(C)c1ccc(OCCN(C)C2CC2)c(Br)c1. The Hall–Kier alpha value is -0.580. The zero-order valence-electron chi connectivity index (χ0n) is 12.7. The quantitative estimate of drug-likeness (QED) is 0.782. The highest BCUT2D eigenvalue weighted by Gasteiger charge is 2.25. The highest BCUT2D eigenvalue weighted by atomic mass is 79.9. The average Bonchev–Trinajstić information content (AvgIpc) is 3.25. The summed E-state index contributed by atoms with van der Waals surface area (Å²) < 4.78 is 6.91. The van der Waals surface area contributed by atoms with Gasteiger partial charge in [-0.2, -0.15) is 0 Å². The molecule has 2 rings (SSSR count). The van der Waals surface area contributed by atoms with E-state index in [9.17, 15) is 0 Å². The number of halogens is 1. The molecule has 0 aromatic heterocycles. The van der Waals surface area contributed by atoms with Gasteiger partial charge in [-0.25, -0.2) is 0 Å². The van der Waals surface area contributed by atoms with Gasteiger partial charge in [-0.05, 0) is 67.0 Å². The van der Waals surface area contributed by atoms with Gasteiger partial charge in [-0.3, -0.25) is 0 Å². The number of nitrogens with one attached hydrogen (secondary N) is 1. The molecule has 112 valence electrons. The second-order valence-electron chi connectivity index (χ2n) is 5.53. The summed E-state index contributed by atoms with van der Waals surface area (Å²) in [6.45, 7) is 7.01. The smallest absolute Gasteiger partial charge is 0.133 e. The predicted octanol–water partition coefficient (Wildman–Crippen LogP) is 3.59. The summed E-state index contributed by atoms with van der Waals surface area (Å²) in [7, 11) is 2.18. The van der Waals surface area contributed by atoms with Crippen LogP contribution in [0.25, 0.3) is 0 Å². The summed E-state index contributed by atoms with van der Waals surface area (Å²) in [5.74, 6) is 0.932. The molecule has 1 aromatic rings. The lowest BCUT2D eigenvalue weighted by Crippen LogP contribution is -2.26. The molecule has 3 nitrogen and oxygen atoms in total. The number of hydrogen-bond acceptors (Lipinski definition) is 3. The molecular formula is C16H25BrN2O. The van der Waals surface area contributed by atoms with Gasteiger partial charge in [0.1, 0.15) is 12.4 Å². The average molecular weight is 341 g/mol. The molecule has 1 aromatic carbocycles. The number of rotatable bonds is 8. The Kier molecular flexibility index (Phi) is 5.87. The predicted molar refractivity (Wildman–Crippen MR) is 87.4 cm³/mol. The fourth-order valence-corrected chi connectivity index (χ4v) is 2.84. The number of ether oxygens (including phenoxy) is 1. The maximum Gasteiger partial charge on any atom is 0.133 e. The molecule has 1 atom stereocenters. The third-order valence-electron chi connectivity index (χ3n) is 3.84. The monoisotopic (exact) mass is 340 g/mol. The van der Waals surface area contributed by atoms with Crippen molar-refractivity contribution in [3.05, 3.63) is 28.2 Å². The van der Waals surface area contributed by atoms with Crippen LogP contribution in [-0.2, 0) is 0 Å². The maximum absolute atomic E-state index is 5.87. The molecule has 1 N–H and O–H groups in total. The van der Waals surface area contributed by atoms with Gasteiger partial charge in [0.25, 0.3) is 0 Å². The number of likely N-dealkylation sites (N-methyl/N-ethyl adjacent to an activating group) is 1. The van der Waals surface area contributed by atoms with E-state index < -0.39 is 0 Å². The maximum atomic E-state index is 5.87. The van der Waals surface area contributed by atoms with E-state index in [4.69, 9.17) is 4.74 Å². The largest absolute Gasteiger partial charge is 0.491 e. The van der Waals surface area contributed by atoms with Crippen molar-refractivity contribution >= 4 is 15.9 Å². The van der Waals surface area contributed by atoms with Crippen molar-refractivity contribution in [1.82, 2.24) is 10.2 Å². The lowest BCUT2D eigenvalue weighted by Gasteiger charge is -2.17. The molecule has 1 unspecified atom stereocenters. The highest BCUT2D eigenvalue weighted by molar-refractivity contribution is 9.10. The van der Waals surface area contributed by atoms with Crippen molar-refractivity contribution in [2.24, 2.45) is 0 Å². The van der Waals surface area contributed by atoms with Gasteiger partial charge in [0, 0.05) is 18.6 Å². The van der Waals surface area contributed by atoms with Crippen LogP contribution in [0.3, 0.4) is 0 Å². The molecule has 1 saturated carbocycles. The van der Waals surface area contributed by atoms with Crippen molar-refractivity contribution < 1.29 is 4.74 Å². The van der Waals surface area contributed by atoms with Gasteiger partial charge in [-0.1, -0.05) is 13.0 Å². The van der Waals surface area contributed by atoms with Crippen LogP contribution in [0.4, 0.5) is 0 Å². The van der Waals surface area contributed by atoms with Gasteiger partial charge < -0.3 is 15.0 Å². The molecule has 0 spiro atoms. The van der Waals surface area contributed by atoms with E-state index in [2.05, 4.69) is 65.2 Å². The van der Waals surface area contributed by atoms with Crippen molar-refractivity contribution in [1.29, 1.82) is 0 Å². The van der Waals surface area contributed by atoms with Crippen LogP contribution < -0.4 is 10.1 Å². The van der Waals surface area contributed by atoms with Crippen LogP contribution in [0.15, 0.2) is 22.7 Å². The molecule has 0 amide bonds. The second-order valence-corrected chi connectivity index (χ2v) is 6.38. The molecule has 0 heterocycles. The topological polar surface area (TPSA) is 24.5 Å². The summed E-state index contributed by atoms with van der Waals surface area (Å²) in [5.41, 5.74) is 1.28. The number of nitrogens with zero attached hydrogens (tertiary/aromatic N) is 1. The van der Waals surface area contributed by atoms with Gasteiger partial charge in [0.2, 0.25) is 0 Å². The minimum Gasteiger partial charge on any atom is -0.491 e. The Morgan fingerprint density at radius 2 is 2.20 bits per heavy atom. The first kappa shape index (κ1) is 15.8. The van der Waals surface area contributed by atoms with Gasteiger partial charge in [0.05, 0.1) is 4.47 Å². The lowest BCUT2D eigenvalue weighted by atomic mass is 10.1. The molecule has 1 fully saturated rings. The summed E-state index contributed by atoms with van der Waals surface area (Å²) in [6, 6.07) is 7.51.